The Morgan fingerprint density at radius 3 is 2.45 bits per heavy atom. The largest absolute Gasteiger partial charge is 0.353 e. The number of carbonyl (C=O) groups is 1. The molecule has 3 heteroatoms. The number of nitrogens with one attached hydrogen (secondary N) is 1. The van der Waals surface area contributed by atoms with Crippen LogP contribution < -0.4 is 5.32 Å². The third-order valence-electron chi connectivity index (χ3n) is 3.49. The zero-order chi connectivity index (χ0) is 15.0. The summed E-state index contributed by atoms with van der Waals surface area (Å²) in [6.45, 7) is 6.40. The molecule has 0 aliphatic carbocycles. The van der Waals surface area contributed by atoms with E-state index in [0.717, 1.165) is 19.3 Å². The standard InChI is InChI=1S/C17H26ClNO/c1-17(2,3)15(12-13-18)19-16(20)11-7-10-14-8-5-4-6-9-14/h4-6,8-9,15H,7,10-13H2,1-3H3,(H,19,20). The minimum Gasteiger partial charge on any atom is -0.353 e. The minimum atomic E-state index is 0.0456. The van der Waals surface area contributed by atoms with E-state index in [1.165, 1.54) is 5.56 Å². The second-order valence-corrected chi connectivity index (χ2v) is 6.68. The number of aryl methyl sites for hydroxylation is 1. The smallest absolute Gasteiger partial charge is 0.220 e. The molecule has 1 aromatic rings. The number of amides is 1. The predicted octanol–water partition coefficient (Wildman–Crippen LogP) is 4.17. The third kappa shape index (κ3) is 6.42. The Balaban J connectivity index is 2.35. The fourth-order valence-corrected chi connectivity index (χ4v) is 2.41. The van der Waals surface area contributed by atoms with Gasteiger partial charge >= 0.3 is 0 Å². The van der Waals surface area contributed by atoms with Crippen molar-refractivity contribution < 1.29 is 4.79 Å². The Kier molecular flexibility index (Phi) is 7.08. The molecule has 1 rings (SSSR count). The fraction of sp³-hybridized carbons (Fsp3) is 0.588. The van der Waals surface area contributed by atoms with E-state index in [1.807, 2.05) is 18.2 Å². The van der Waals surface area contributed by atoms with Crippen molar-refractivity contribution in [1.82, 2.24) is 5.32 Å². The molecule has 1 atom stereocenters. The Morgan fingerprint density at radius 2 is 1.90 bits per heavy atom. The molecule has 1 N–H and O–H groups in total. The summed E-state index contributed by atoms with van der Waals surface area (Å²) in [6, 6.07) is 10.4. The zero-order valence-corrected chi connectivity index (χ0v) is 13.5. The molecule has 0 aliphatic rings. The van der Waals surface area contributed by atoms with Gasteiger partial charge in [0, 0.05) is 18.3 Å². The van der Waals surface area contributed by atoms with Gasteiger partial charge in [-0.2, -0.15) is 0 Å². The zero-order valence-electron chi connectivity index (χ0n) is 12.8. The molecule has 0 fully saturated rings. The first-order chi connectivity index (χ1) is 9.43. The number of alkyl halides is 1. The molecule has 1 unspecified atom stereocenters. The normalized spacial score (nSPS) is 13.0. The van der Waals surface area contributed by atoms with Crippen LogP contribution in [0.2, 0.25) is 0 Å². The van der Waals surface area contributed by atoms with Crippen LogP contribution in [0.5, 0.6) is 0 Å². The summed E-state index contributed by atoms with van der Waals surface area (Å²) in [5.41, 5.74) is 1.33. The van der Waals surface area contributed by atoms with Gasteiger partial charge in [-0.25, -0.2) is 0 Å². The van der Waals surface area contributed by atoms with E-state index < -0.39 is 0 Å². The SMILES string of the molecule is CC(C)(C)C(CCCl)NC(=O)CCCc1ccccc1. The van der Waals surface area contributed by atoms with Crippen molar-refractivity contribution in [3.8, 4) is 0 Å². The summed E-state index contributed by atoms with van der Waals surface area (Å²) in [5.74, 6) is 0.706. The second-order valence-electron chi connectivity index (χ2n) is 6.30. The lowest BCUT2D eigenvalue weighted by atomic mass is 9.85. The van der Waals surface area contributed by atoms with E-state index in [2.05, 4.69) is 38.2 Å². The van der Waals surface area contributed by atoms with Crippen molar-refractivity contribution in [3.05, 3.63) is 35.9 Å². The van der Waals surface area contributed by atoms with Crippen LogP contribution in [0.25, 0.3) is 0 Å². The van der Waals surface area contributed by atoms with Gasteiger partial charge in [-0.1, -0.05) is 51.1 Å². The van der Waals surface area contributed by atoms with Crippen LogP contribution in [0.15, 0.2) is 30.3 Å². The van der Waals surface area contributed by atoms with E-state index in [-0.39, 0.29) is 17.4 Å². The van der Waals surface area contributed by atoms with Gasteiger partial charge in [0.1, 0.15) is 0 Å². The van der Waals surface area contributed by atoms with Gasteiger partial charge in [-0.05, 0) is 30.2 Å². The molecule has 2 nitrogen and oxygen atoms in total. The van der Waals surface area contributed by atoms with Gasteiger partial charge in [0.15, 0.2) is 0 Å². The van der Waals surface area contributed by atoms with Crippen LogP contribution in [0.3, 0.4) is 0 Å². The van der Waals surface area contributed by atoms with E-state index in [4.69, 9.17) is 11.6 Å². The molecule has 0 aromatic heterocycles. The highest BCUT2D eigenvalue weighted by Gasteiger charge is 2.25. The first-order valence-electron chi connectivity index (χ1n) is 7.32. The Labute approximate surface area is 127 Å². The lowest BCUT2D eigenvalue weighted by Gasteiger charge is -2.31. The maximum Gasteiger partial charge on any atom is 0.220 e. The summed E-state index contributed by atoms with van der Waals surface area (Å²) in [6.07, 6.45) is 3.22. The van der Waals surface area contributed by atoms with Gasteiger partial charge in [-0.15, -0.1) is 11.6 Å². The van der Waals surface area contributed by atoms with Crippen LogP contribution >= 0.6 is 11.6 Å². The van der Waals surface area contributed by atoms with Crippen molar-refractivity contribution in [3.63, 3.8) is 0 Å². The fourth-order valence-electron chi connectivity index (χ4n) is 2.20. The highest BCUT2D eigenvalue weighted by molar-refractivity contribution is 6.17. The quantitative estimate of drug-likeness (QED) is 0.752. The van der Waals surface area contributed by atoms with Crippen molar-refractivity contribution in [2.75, 3.05) is 5.88 Å². The van der Waals surface area contributed by atoms with Crippen LogP contribution in [0.4, 0.5) is 0 Å². The number of rotatable bonds is 7. The molecule has 0 bridgehead atoms. The predicted molar refractivity (Wildman–Crippen MR) is 86.1 cm³/mol. The van der Waals surface area contributed by atoms with Gasteiger partial charge in [0.25, 0.3) is 0 Å². The molecular weight excluding hydrogens is 270 g/mol. The first-order valence-corrected chi connectivity index (χ1v) is 7.86. The highest BCUT2D eigenvalue weighted by Crippen LogP contribution is 2.22. The highest BCUT2D eigenvalue weighted by atomic mass is 35.5. The molecule has 1 amide bonds. The van der Waals surface area contributed by atoms with Crippen LogP contribution in [-0.2, 0) is 11.2 Å². The summed E-state index contributed by atoms with van der Waals surface area (Å²) >= 11 is 5.82. The molecule has 20 heavy (non-hydrogen) atoms. The van der Waals surface area contributed by atoms with Crippen LogP contribution in [0, 0.1) is 5.41 Å². The van der Waals surface area contributed by atoms with Crippen molar-refractivity contribution in [2.24, 2.45) is 5.41 Å². The molecule has 0 heterocycles. The van der Waals surface area contributed by atoms with Crippen molar-refractivity contribution in [2.45, 2.75) is 52.5 Å². The van der Waals surface area contributed by atoms with Crippen LogP contribution in [-0.4, -0.2) is 17.8 Å². The maximum atomic E-state index is 12.0. The third-order valence-corrected chi connectivity index (χ3v) is 3.71. The van der Waals surface area contributed by atoms with E-state index in [0.29, 0.717) is 12.3 Å². The van der Waals surface area contributed by atoms with Crippen molar-refractivity contribution in [1.29, 1.82) is 0 Å². The maximum absolute atomic E-state index is 12.0. The monoisotopic (exact) mass is 295 g/mol. The molecule has 1 aromatic carbocycles. The van der Waals surface area contributed by atoms with Gasteiger partial charge in [-0.3, -0.25) is 4.79 Å². The second kappa shape index (κ2) is 8.31. The van der Waals surface area contributed by atoms with E-state index in [1.54, 1.807) is 0 Å². The Morgan fingerprint density at radius 1 is 1.25 bits per heavy atom. The lowest BCUT2D eigenvalue weighted by Crippen LogP contribution is -2.43. The number of carbonyl (C=O) groups excluding carboxylic acids is 1. The molecular formula is C17H26ClNO. The van der Waals surface area contributed by atoms with Crippen LogP contribution in [0.1, 0.15) is 45.6 Å². The topological polar surface area (TPSA) is 29.1 Å². The number of halogens is 1. The summed E-state index contributed by atoms with van der Waals surface area (Å²) in [4.78, 5) is 12.0. The Hall–Kier alpha value is -1.02. The lowest BCUT2D eigenvalue weighted by molar-refractivity contribution is -0.122. The summed E-state index contributed by atoms with van der Waals surface area (Å²) in [7, 11) is 0. The van der Waals surface area contributed by atoms with Gasteiger partial charge < -0.3 is 5.32 Å². The average Bonchev–Trinajstić information content (AvgIpc) is 2.38. The summed E-state index contributed by atoms with van der Waals surface area (Å²) < 4.78 is 0. The van der Waals surface area contributed by atoms with Crippen molar-refractivity contribution >= 4 is 17.5 Å². The average molecular weight is 296 g/mol. The molecule has 0 radical (unpaired) electrons. The number of hydrogen-bond acceptors (Lipinski definition) is 1. The molecule has 112 valence electrons. The van der Waals surface area contributed by atoms with Gasteiger partial charge in [0.05, 0.1) is 0 Å². The first kappa shape index (κ1) is 17.0. The number of hydrogen-bond donors (Lipinski definition) is 1. The molecule has 0 spiro atoms. The molecule has 0 saturated carbocycles. The van der Waals surface area contributed by atoms with E-state index in [9.17, 15) is 4.79 Å². The van der Waals surface area contributed by atoms with Gasteiger partial charge in [0.2, 0.25) is 5.91 Å². The Bertz CT molecular complexity index is 397. The minimum absolute atomic E-state index is 0.0456. The molecule has 0 aliphatic heterocycles. The number of benzene rings is 1. The van der Waals surface area contributed by atoms with E-state index >= 15 is 0 Å². The molecule has 0 saturated heterocycles. The summed E-state index contributed by atoms with van der Waals surface area (Å²) in [5, 5.41) is 3.12.